The normalized spacial score (nSPS) is 13.9. The van der Waals surface area contributed by atoms with Crippen LogP contribution in [-0.2, 0) is 0 Å². The Bertz CT molecular complexity index is 717. The highest BCUT2D eigenvalue weighted by Crippen LogP contribution is 2.25. The van der Waals surface area contributed by atoms with Gasteiger partial charge in [0.05, 0.1) is 22.2 Å². The third-order valence-corrected chi connectivity index (χ3v) is 4.23. The van der Waals surface area contributed by atoms with Crippen molar-refractivity contribution in [3.8, 4) is 6.07 Å². The standard InChI is InChI=1S/C15H17N3OS/c1-4-10(2)18-14(19)12-7-5-6-8-13(12)17-15(18)20-11(3)9-16/h5-8,10-11H,4H2,1-3H3. The molecule has 1 aromatic carbocycles. The minimum atomic E-state index is -0.238. The number of thioether (sulfide) groups is 1. The fourth-order valence-electron chi connectivity index (χ4n) is 1.96. The van der Waals surface area contributed by atoms with Gasteiger partial charge in [0.25, 0.3) is 5.56 Å². The minimum Gasteiger partial charge on any atom is -0.284 e. The topological polar surface area (TPSA) is 58.7 Å². The zero-order valence-corrected chi connectivity index (χ0v) is 12.6. The van der Waals surface area contributed by atoms with Crippen LogP contribution in [0.3, 0.4) is 0 Å². The summed E-state index contributed by atoms with van der Waals surface area (Å²) in [7, 11) is 0. The van der Waals surface area contributed by atoms with E-state index in [0.29, 0.717) is 16.1 Å². The zero-order chi connectivity index (χ0) is 14.7. The highest BCUT2D eigenvalue weighted by Gasteiger charge is 2.17. The molecule has 0 aliphatic heterocycles. The third kappa shape index (κ3) is 2.70. The van der Waals surface area contributed by atoms with Crippen molar-refractivity contribution in [1.82, 2.24) is 9.55 Å². The van der Waals surface area contributed by atoms with Crippen LogP contribution >= 0.6 is 11.8 Å². The first-order valence-electron chi connectivity index (χ1n) is 6.66. The van der Waals surface area contributed by atoms with E-state index in [2.05, 4.69) is 11.1 Å². The summed E-state index contributed by atoms with van der Waals surface area (Å²) in [4.78, 5) is 17.2. The molecule has 0 saturated heterocycles. The molecule has 2 unspecified atom stereocenters. The molecule has 0 amide bonds. The van der Waals surface area contributed by atoms with E-state index in [-0.39, 0.29) is 16.9 Å². The van der Waals surface area contributed by atoms with Crippen LogP contribution in [0.15, 0.2) is 34.2 Å². The summed E-state index contributed by atoms with van der Waals surface area (Å²) in [5.41, 5.74) is 0.655. The van der Waals surface area contributed by atoms with Crippen molar-refractivity contribution in [3.05, 3.63) is 34.6 Å². The van der Waals surface area contributed by atoms with Crippen molar-refractivity contribution < 1.29 is 0 Å². The van der Waals surface area contributed by atoms with Gasteiger partial charge in [0.2, 0.25) is 0 Å². The van der Waals surface area contributed by atoms with Gasteiger partial charge in [-0.15, -0.1) is 0 Å². The Morgan fingerprint density at radius 3 is 2.75 bits per heavy atom. The maximum absolute atomic E-state index is 12.6. The molecule has 1 heterocycles. The number of aromatic nitrogens is 2. The SMILES string of the molecule is CCC(C)n1c(SC(C)C#N)nc2ccccc2c1=O. The molecule has 0 fully saturated rings. The second kappa shape index (κ2) is 6.10. The Morgan fingerprint density at radius 1 is 1.40 bits per heavy atom. The van der Waals surface area contributed by atoms with E-state index in [4.69, 9.17) is 5.26 Å². The lowest BCUT2D eigenvalue weighted by molar-refractivity contribution is 0.468. The van der Waals surface area contributed by atoms with Gasteiger partial charge in [-0.1, -0.05) is 30.8 Å². The van der Waals surface area contributed by atoms with Gasteiger partial charge in [0.15, 0.2) is 5.16 Å². The van der Waals surface area contributed by atoms with Crippen LogP contribution in [0.25, 0.3) is 10.9 Å². The second-order valence-electron chi connectivity index (χ2n) is 4.73. The van der Waals surface area contributed by atoms with E-state index in [1.165, 1.54) is 11.8 Å². The molecule has 1 aromatic heterocycles. The van der Waals surface area contributed by atoms with Crippen LogP contribution in [0, 0.1) is 11.3 Å². The van der Waals surface area contributed by atoms with Crippen LogP contribution in [0.5, 0.6) is 0 Å². The van der Waals surface area contributed by atoms with E-state index >= 15 is 0 Å². The monoisotopic (exact) mass is 287 g/mol. The van der Waals surface area contributed by atoms with Crippen molar-refractivity contribution in [2.75, 3.05) is 0 Å². The molecule has 0 bridgehead atoms. The van der Waals surface area contributed by atoms with Crippen LogP contribution in [-0.4, -0.2) is 14.8 Å². The summed E-state index contributed by atoms with van der Waals surface area (Å²) in [5, 5.41) is 9.99. The summed E-state index contributed by atoms with van der Waals surface area (Å²) < 4.78 is 1.71. The zero-order valence-electron chi connectivity index (χ0n) is 11.8. The first kappa shape index (κ1) is 14.6. The molecule has 0 saturated carbocycles. The highest BCUT2D eigenvalue weighted by atomic mass is 32.2. The molecular weight excluding hydrogens is 270 g/mol. The lowest BCUT2D eigenvalue weighted by atomic mass is 10.2. The maximum Gasteiger partial charge on any atom is 0.262 e. The summed E-state index contributed by atoms with van der Waals surface area (Å²) >= 11 is 1.33. The van der Waals surface area contributed by atoms with Gasteiger partial charge in [0.1, 0.15) is 0 Å². The molecule has 0 spiro atoms. The smallest absolute Gasteiger partial charge is 0.262 e. The molecule has 2 rings (SSSR count). The van der Waals surface area contributed by atoms with E-state index in [1.54, 1.807) is 10.6 Å². The van der Waals surface area contributed by atoms with Crippen LogP contribution in [0.1, 0.15) is 33.2 Å². The molecule has 2 atom stereocenters. The fourth-order valence-corrected chi connectivity index (χ4v) is 2.86. The fraction of sp³-hybridized carbons (Fsp3) is 0.400. The predicted octanol–water partition coefficient (Wildman–Crippen LogP) is 3.37. The first-order chi connectivity index (χ1) is 9.58. The molecule has 0 aliphatic carbocycles. The molecule has 104 valence electrons. The number of fused-ring (bicyclic) bond motifs is 1. The Balaban J connectivity index is 2.70. The molecule has 4 nitrogen and oxygen atoms in total. The molecular formula is C15H17N3OS. The van der Waals surface area contributed by atoms with Crippen LogP contribution < -0.4 is 5.56 Å². The molecule has 5 heteroatoms. The summed E-state index contributed by atoms with van der Waals surface area (Å²) in [5.74, 6) is 0. The third-order valence-electron chi connectivity index (χ3n) is 3.27. The highest BCUT2D eigenvalue weighted by molar-refractivity contribution is 8.00. The van der Waals surface area contributed by atoms with Gasteiger partial charge in [0, 0.05) is 6.04 Å². The van der Waals surface area contributed by atoms with Crippen molar-refractivity contribution in [2.24, 2.45) is 0 Å². The van der Waals surface area contributed by atoms with E-state index in [1.807, 2.05) is 39.0 Å². The quantitative estimate of drug-likeness (QED) is 0.639. The minimum absolute atomic E-state index is 0.0300. The van der Waals surface area contributed by atoms with Crippen LogP contribution in [0.4, 0.5) is 0 Å². The average Bonchev–Trinajstić information content (AvgIpc) is 2.46. The van der Waals surface area contributed by atoms with Gasteiger partial charge < -0.3 is 0 Å². The summed E-state index contributed by atoms with van der Waals surface area (Å²) in [6.45, 7) is 5.85. The number of hydrogen-bond acceptors (Lipinski definition) is 4. The number of rotatable bonds is 4. The molecule has 2 aromatic rings. The lowest BCUT2D eigenvalue weighted by Gasteiger charge is -2.18. The average molecular weight is 287 g/mol. The number of nitrogens with zero attached hydrogens (tertiary/aromatic N) is 3. The van der Waals surface area contributed by atoms with Crippen LogP contribution in [0.2, 0.25) is 0 Å². The van der Waals surface area contributed by atoms with Gasteiger partial charge in [-0.25, -0.2) is 4.98 Å². The first-order valence-corrected chi connectivity index (χ1v) is 7.54. The molecule has 0 N–H and O–H groups in total. The van der Waals surface area contributed by atoms with Crippen molar-refractivity contribution in [3.63, 3.8) is 0 Å². The Hall–Kier alpha value is -1.80. The number of nitriles is 1. The second-order valence-corrected chi connectivity index (χ2v) is 6.04. The Morgan fingerprint density at radius 2 is 2.10 bits per heavy atom. The van der Waals surface area contributed by atoms with Gasteiger partial charge in [-0.3, -0.25) is 9.36 Å². The van der Waals surface area contributed by atoms with Crippen molar-refractivity contribution in [1.29, 1.82) is 5.26 Å². The van der Waals surface area contributed by atoms with Gasteiger partial charge >= 0.3 is 0 Å². The van der Waals surface area contributed by atoms with E-state index in [9.17, 15) is 4.79 Å². The number of para-hydroxylation sites is 1. The summed E-state index contributed by atoms with van der Waals surface area (Å²) in [6.07, 6.45) is 0.842. The number of hydrogen-bond donors (Lipinski definition) is 0. The lowest BCUT2D eigenvalue weighted by Crippen LogP contribution is -2.26. The largest absolute Gasteiger partial charge is 0.284 e. The van der Waals surface area contributed by atoms with Gasteiger partial charge in [-0.2, -0.15) is 5.26 Å². The summed E-state index contributed by atoms with van der Waals surface area (Å²) in [6, 6.07) is 9.58. The van der Waals surface area contributed by atoms with E-state index in [0.717, 1.165) is 6.42 Å². The van der Waals surface area contributed by atoms with Crippen molar-refractivity contribution >= 4 is 22.7 Å². The maximum atomic E-state index is 12.6. The Kier molecular flexibility index (Phi) is 4.46. The molecule has 0 radical (unpaired) electrons. The molecule has 0 aliphatic rings. The van der Waals surface area contributed by atoms with E-state index < -0.39 is 0 Å². The Labute approximate surface area is 122 Å². The van der Waals surface area contributed by atoms with Crippen molar-refractivity contribution in [2.45, 2.75) is 43.6 Å². The molecule has 20 heavy (non-hydrogen) atoms. The number of benzene rings is 1. The van der Waals surface area contributed by atoms with Gasteiger partial charge in [-0.05, 0) is 32.4 Å². The predicted molar refractivity (Wildman–Crippen MR) is 81.9 cm³/mol.